The SMILES string of the molecule is CNC1CC(C)CCC1C(C)(C)CCS(C)(=O)=O. The van der Waals surface area contributed by atoms with Crippen LogP contribution in [0.15, 0.2) is 0 Å². The number of sulfone groups is 1. The van der Waals surface area contributed by atoms with Crippen LogP contribution in [0.5, 0.6) is 0 Å². The summed E-state index contributed by atoms with van der Waals surface area (Å²) in [7, 11) is -0.821. The smallest absolute Gasteiger partial charge is 0.147 e. The van der Waals surface area contributed by atoms with Crippen molar-refractivity contribution in [3.63, 3.8) is 0 Å². The number of hydrogen-bond donors (Lipinski definition) is 1. The first kappa shape index (κ1) is 16.0. The third kappa shape index (κ3) is 4.54. The van der Waals surface area contributed by atoms with E-state index in [1.165, 1.54) is 25.5 Å². The minimum absolute atomic E-state index is 0.0941. The van der Waals surface area contributed by atoms with Gasteiger partial charge in [-0.2, -0.15) is 0 Å². The second-order valence-electron chi connectivity index (χ2n) is 6.79. The van der Waals surface area contributed by atoms with E-state index in [0.717, 1.165) is 12.3 Å². The van der Waals surface area contributed by atoms with Gasteiger partial charge in [0, 0.05) is 12.3 Å². The Morgan fingerprint density at radius 2 is 1.89 bits per heavy atom. The molecule has 0 aromatic rings. The topological polar surface area (TPSA) is 46.2 Å². The molecule has 1 rings (SSSR count). The van der Waals surface area contributed by atoms with Crippen molar-refractivity contribution in [2.45, 2.75) is 52.5 Å². The Bertz CT molecular complexity index is 362. The van der Waals surface area contributed by atoms with Gasteiger partial charge in [-0.3, -0.25) is 0 Å². The van der Waals surface area contributed by atoms with E-state index in [9.17, 15) is 8.42 Å². The summed E-state index contributed by atoms with van der Waals surface area (Å²) in [6.45, 7) is 6.76. The van der Waals surface area contributed by atoms with E-state index >= 15 is 0 Å². The molecule has 4 heteroatoms. The van der Waals surface area contributed by atoms with Gasteiger partial charge in [0.1, 0.15) is 9.84 Å². The van der Waals surface area contributed by atoms with Crippen molar-refractivity contribution in [1.82, 2.24) is 5.32 Å². The van der Waals surface area contributed by atoms with Gasteiger partial charge < -0.3 is 5.32 Å². The van der Waals surface area contributed by atoms with Crippen LogP contribution in [0.2, 0.25) is 0 Å². The monoisotopic (exact) mass is 275 g/mol. The lowest BCUT2D eigenvalue weighted by Gasteiger charge is -2.44. The molecule has 3 atom stereocenters. The molecular formula is C14H29NO2S. The van der Waals surface area contributed by atoms with Crippen molar-refractivity contribution in [1.29, 1.82) is 0 Å². The third-order valence-electron chi connectivity index (χ3n) is 4.60. The van der Waals surface area contributed by atoms with Crippen LogP contribution < -0.4 is 5.32 Å². The van der Waals surface area contributed by atoms with Gasteiger partial charge in [-0.15, -0.1) is 0 Å². The predicted molar refractivity (Wildman–Crippen MR) is 77.5 cm³/mol. The van der Waals surface area contributed by atoms with E-state index in [4.69, 9.17) is 0 Å². The number of nitrogens with one attached hydrogen (secondary N) is 1. The summed E-state index contributed by atoms with van der Waals surface area (Å²) in [6, 6.07) is 0.531. The molecule has 1 saturated carbocycles. The molecule has 0 aromatic carbocycles. The van der Waals surface area contributed by atoms with Crippen molar-refractivity contribution in [3.8, 4) is 0 Å². The number of rotatable bonds is 5. The highest BCUT2D eigenvalue weighted by atomic mass is 32.2. The fourth-order valence-corrected chi connectivity index (χ4v) is 4.17. The normalized spacial score (nSPS) is 30.4. The second kappa shape index (κ2) is 5.91. The molecule has 0 spiro atoms. The maximum Gasteiger partial charge on any atom is 0.147 e. The molecule has 0 heterocycles. The van der Waals surface area contributed by atoms with Crippen LogP contribution in [0.3, 0.4) is 0 Å². The van der Waals surface area contributed by atoms with E-state index in [1.54, 1.807) is 0 Å². The Morgan fingerprint density at radius 3 is 2.39 bits per heavy atom. The molecule has 0 aliphatic heterocycles. The Hall–Kier alpha value is -0.0900. The largest absolute Gasteiger partial charge is 0.317 e. The minimum atomic E-state index is -2.85. The first-order valence-corrected chi connectivity index (χ1v) is 9.07. The van der Waals surface area contributed by atoms with E-state index in [1.807, 2.05) is 7.05 Å². The lowest BCUT2D eigenvalue weighted by molar-refractivity contribution is 0.0952. The van der Waals surface area contributed by atoms with Gasteiger partial charge in [0.2, 0.25) is 0 Å². The van der Waals surface area contributed by atoms with E-state index in [2.05, 4.69) is 26.1 Å². The minimum Gasteiger partial charge on any atom is -0.317 e. The molecule has 0 aromatic heterocycles. The van der Waals surface area contributed by atoms with Gasteiger partial charge in [-0.1, -0.05) is 27.2 Å². The molecule has 108 valence electrons. The van der Waals surface area contributed by atoms with Crippen molar-refractivity contribution in [2.75, 3.05) is 19.1 Å². The fourth-order valence-electron chi connectivity index (χ4n) is 3.27. The molecule has 0 bridgehead atoms. The van der Waals surface area contributed by atoms with Crippen LogP contribution in [0.25, 0.3) is 0 Å². The molecule has 18 heavy (non-hydrogen) atoms. The molecular weight excluding hydrogens is 246 g/mol. The van der Waals surface area contributed by atoms with Crippen LogP contribution in [0.4, 0.5) is 0 Å². The standard InChI is InChI=1S/C14H29NO2S/c1-11-6-7-12(13(10-11)15-4)14(2,3)8-9-18(5,16)17/h11-13,15H,6-10H2,1-5H3. The van der Waals surface area contributed by atoms with Gasteiger partial charge in [0.25, 0.3) is 0 Å². The highest BCUT2D eigenvalue weighted by molar-refractivity contribution is 7.90. The quantitative estimate of drug-likeness (QED) is 0.838. The van der Waals surface area contributed by atoms with E-state index in [-0.39, 0.29) is 5.41 Å². The van der Waals surface area contributed by atoms with Crippen LogP contribution in [-0.4, -0.2) is 33.5 Å². The molecule has 0 radical (unpaired) electrons. The maximum atomic E-state index is 11.3. The number of hydrogen-bond acceptors (Lipinski definition) is 3. The van der Waals surface area contributed by atoms with E-state index in [0.29, 0.717) is 17.7 Å². The van der Waals surface area contributed by atoms with Crippen molar-refractivity contribution >= 4 is 9.84 Å². The lowest BCUT2D eigenvalue weighted by Crippen LogP contribution is -2.45. The zero-order valence-corrected chi connectivity index (χ0v) is 13.3. The molecule has 3 unspecified atom stereocenters. The summed E-state index contributed by atoms with van der Waals surface area (Å²) >= 11 is 0. The summed E-state index contributed by atoms with van der Waals surface area (Å²) < 4.78 is 22.7. The van der Waals surface area contributed by atoms with Crippen molar-refractivity contribution < 1.29 is 8.42 Å². The van der Waals surface area contributed by atoms with Gasteiger partial charge >= 0.3 is 0 Å². The van der Waals surface area contributed by atoms with Gasteiger partial charge in [-0.25, -0.2) is 8.42 Å². The van der Waals surface area contributed by atoms with Crippen molar-refractivity contribution in [3.05, 3.63) is 0 Å². The van der Waals surface area contributed by atoms with Gasteiger partial charge in [0.15, 0.2) is 0 Å². The van der Waals surface area contributed by atoms with Gasteiger partial charge in [0.05, 0.1) is 5.75 Å². The molecule has 0 saturated heterocycles. The lowest BCUT2D eigenvalue weighted by atomic mass is 9.65. The summed E-state index contributed by atoms with van der Waals surface area (Å²) in [5.41, 5.74) is 0.0941. The zero-order valence-electron chi connectivity index (χ0n) is 12.5. The molecule has 3 nitrogen and oxygen atoms in total. The molecule has 1 aliphatic carbocycles. The van der Waals surface area contributed by atoms with Gasteiger partial charge in [-0.05, 0) is 43.6 Å². The fraction of sp³-hybridized carbons (Fsp3) is 1.00. The molecule has 1 fully saturated rings. The van der Waals surface area contributed by atoms with Crippen LogP contribution in [-0.2, 0) is 9.84 Å². The first-order valence-electron chi connectivity index (χ1n) is 7.00. The maximum absolute atomic E-state index is 11.3. The predicted octanol–water partition coefficient (Wildman–Crippen LogP) is 2.47. The molecule has 1 N–H and O–H groups in total. The Kier molecular flexibility index (Phi) is 5.24. The average molecular weight is 275 g/mol. The Morgan fingerprint density at radius 1 is 1.28 bits per heavy atom. The first-order chi connectivity index (χ1) is 8.15. The Labute approximate surface area is 113 Å². The summed E-state index contributed by atoms with van der Waals surface area (Å²) in [5, 5.41) is 3.44. The summed E-state index contributed by atoms with van der Waals surface area (Å²) in [4.78, 5) is 0. The molecule has 0 amide bonds. The second-order valence-corrected chi connectivity index (χ2v) is 9.05. The highest BCUT2D eigenvalue weighted by Crippen LogP contribution is 2.42. The highest BCUT2D eigenvalue weighted by Gasteiger charge is 2.38. The zero-order chi connectivity index (χ0) is 14.0. The van der Waals surface area contributed by atoms with Crippen LogP contribution >= 0.6 is 0 Å². The van der Waals surface area contributed by atoms with Crippen molar-refractivity contribution in [2.24, 2.45) is 17.3 Å². The average Bonchev–Trinajstić information content (AvgIpc) is 2.25. The van der Waals surface area contributed by atoms with Crippen LogP contribution in [0.1, 0.15) is 46.5 Å². The van der Waals surface area contributed by atoms with E-state index < -0.39 is 9.84 Å². The molecule has 1 aliphatic rings. The summed E-state index contributed by atoms with van der Waals surface area (Å²) in [6.07, 6.45) is 5.79. The third-order valence-corrected chi connectivity index (χ3v) is 5.55. The van der Waals surface area contributed by atoms with Crippen LogP contribution in [0, 0.1) is 17.3 Å². The Balaban J connectivity index is 2.70. The summed E-state index contributed by atoms with van der Waals surface area (Å²) in [5.74, 6) is 1.67.